The van der Waals surface area contributed by atoms with Gasteiger partial charge in [-0.25, -0.2) is 18.1 Å². The normalized spacial score (nSPS) is 12.8. The molecular weight excluding hydrogens is 316 g/mol. The van der Waals surface area contributed by atoms with E-state index >= 15 is 0 Å². The molecule has 0 aliphatic rings. The third kappa shape index (κ3) is 4.17. The number of carbonyl (C=O) groups excluding carboxylic acids is 1. The van der Waals surface area contributed by atoms with Crippen LogP contribution in [0.15, 0.2) is 41.8 Å². The maximum atomic E-state index is 12.4. The number of nitrogens with zero attached hydrogens (tertiary/aromatic N) is 2. The van der Waals surface area contributed by atoms with Crippen LogP contribution in [0.4, 0.5) is 0 Å². The molecule has 1 aromatic heterocycles. The number of aromatic nitrogens is 2. The third-order valence-electron chi connectivity index (χ3n) is 3.45. The molecule has 0 aliphatic carbocycles. The Morgan fingerprint density at radius 1 is 1.39 bits per heavy atom. The summed E-state index contributed by atoms with van der Waals surface area (Å²) in [4.78, 5) is 16.4. The predicted molar refractivity (Wildman–Crippen MR) is 86.6 cm³/mol. The second-order valence-corrected chi connectivity index (χ2v) is 7.20. The van der Waals surface area contributed by atoms with Crippen molar-refractivity contribution in [3.63, 3.8) is 0 Å². The summed E-state index contributed by atoms with van der Waals surface area (Å²) in [5.41, 5.74) is 1.06. The summed E-state index contributed by atoms with van der Waals surface area (Å²) < 4.78 is 27.8. The maximum Gasteiger partial charge on any atom is 0.251 e. The first-order chi connectivity index (χ1) is 10.8. The van der Waals surface area contributed by atoms with Gasteiger partial charge in [0.25, 0.3) is 5.91 Å². The largest absolute Gasteiger partial charge is 0.348 e. The Morgan fingerprint density at radius 2 is 2.13 bits per heavy atom. The minimum atomic E-state index is -3.58. The second kappa shape index (κ2) is 6.93. The highest BCUT2D eigenvalue weighted by molar-refractivity contribution is 7.89. The van der Waals surface area contributed by atoms with Crippen molar-refractivity contribution in [1.82, 2.24) is 19.6 Å². The van der Waals surface area contributed by atoms with E-state index in [0.717, 1.165) is 0 Å². The molecule has 8 heteroatoms. The van der Waals surface area contributed by atoms with Crippen molar-refractivity contribution < 1.29 is 13.2 Å². The van der Waals surface area contributed by atoms with Crippen LogP contribution in [0, 0.1) is 6.92 Å². The highest BCUT2D eigenvalue weighted by atomic mass is 32.2. The van der Waals surface area contributed by atoms with Crippen LogP contribution < -0.4 is 10.0 Å². The highest BCUT2D eigenvalue weighted by Crippen LogP contribution is 2.15. The van der Waals surface area contributed by atoms with E-state index in [1.807, 2.05) is 17.7 Å². The van der Waals surface area contributed by atoms with Crippen molar-refractivity contribution in [1.29, 1.82) is 0 Å². The van der Waals surface area contributed by atoms with Crippen molar-refractivity contribution in [3.8, 4) is 0 Å². The Labute approximate surface area is 135 Å². The molecule has 0 aliphatic heterocycles. The van der Waals surface area contributed by atoms with Gasteiger partial charge in [-0.3, -0.25) is 4.79 Å². The van der Waals surface area contributed by atoms with Crippen LogP contribution in [0.5, 0.6) is 0 Å². The molecule has 0 radical (unpaired) electrons. The summed E-state index contributed by atoms with van der Waals surface area (Å²) in [5, 5.41) is 2.87. The SMILES string of the molecule is CNS(=O)(=O)c1ccc(C)c(C(=O)N[C@H](C)Cn2ccnc2)c1. The van der Waals surface area contributed by atoms with Crippen molar-refractivity contribution in [3.05, 3.63) is 48.0 Å². The van der Waals surface area contributed by atoms with Crippen LogP contribution in [0.25, 0.3) is 0 Å². The summed E-state index contributed by atoms with van der Waals surface area (Å²) in [6, 6.07) is 4.37. The smallest absolute Gasteiger partial charge is 0.251 e. The van der Waals surface area contributed by atoms with E-state index in [1.54, 1.807) is 25.5 Å². The standard InChI is InChI=1S/C15H20N4O3S/c1-11-4-5-13(23(21,22)16-3)8-14(11)15(20)18-12(2)9-19-7-6-17-10-19/h4-8,10,12,16H,9H2,1-3H3,(H,18,20)/t12-/m1/s1. The average Bonchev–Trinajstić information content (AvgIpc) is 3.00. The Bertz CT molecular complexity index is 785. The van der Waals surface area contributed by atoms with Gasteiger partial charge in [-0.05, 0) is 38.6 Å². The van der Waals surface area contributed by atoms with Gasteiger partial charge in [-0.2, -0.15) is 0 Å². The van der Waals surface area contributed by atoms with Crippen molar-refractivity contribution in [2.45, 2.75) is 31.3 Å². The average molecular weight is 336 g/mol. The van der Waals surface area contributed by atoms with Gasteiger partial charge in [-0.15, -0.1) is 0 Å². The summed E-state index contributed by atoms with van der Waals surface area (Å²) in [6.45, 7) is 4.23. The van der Waals surface area contributed by atoms with Crippen LogP contribution in [0.2, 0.25) is 0 Å². The van der Waals surface area contributed by atoms with Gasteiger partial charge in [0.1, 0.15) is 0 Å². The van der Waals surface area contributed by atoms with E-state index in [4.69, 9.17) is 0 Å². The van der Waals surface area contributed by atoms with Crippen LogP contribution >= 0.6 is 0 Å². The van der Waals surface area contributed by atoms with Gasteiger partial charge in [0.15, 0.2) is 0 Å². The Morgan fingerprint density at radius 3 is 2.74 bits per heavy atom. The summed E-state index contributed by atoms with van der Waals surface area (Å²) >= 11 is 0. The molecule has 7 nitrogen and oxygen atoms in total. The molecule has 0 saturated carbocycles. The maximum absolute atomic E-state index is 12.4. The van der Waals surface area contributed by atoms with Crippen molar-refractivity contribution >= 4 is 15.9 Å². The molecule has 0 spiro atoms. The molecule has 1 heterocycles. The first kappa shape index (κ1) is 17.2. The number of sulfonamides is 1. The topological polar surface area (TPSA) is 93.1 Å². The number of imidazole rings is 1. The number of carbonyl (C=O) groups is 1. The lowest BCUT2D eigenvalue weighted by Crippen LogP contribution is -2.36. The molecule has 2 rings (SSSR count). The minimum absolute atomic E-state index is 0.0676. The number of rotatable bonds is 6. The van der Waals surface area contributed by atoms with E-state index in [0.29, 0.717) is 17.7 Å². The van der Waals surface area contributed by atoms with Crippen LogP contribution in [-0.4, -0.2) is 37.0 Å². The molecule has 0 unspecified atom stereocenters. The molecule has 1 amide bonds. The lowest BCUT2D eigenvalue weighted by molar-refractivity contribution is 0.0936. The quantitative estimate of drug-likeness (QED) is 0.820. The van der Waals surface area contributed by atoms with E-state index < -0.39 is 10.0 Å². The van der Waals surface area contributed by atoms with Gasteiger partial charge < -0.3 is 9.88 Å². The van der Waals surface area contributed by atoms with Gasteiger partial charge in [0.2, 0.25) is 10.0 Å². The highest BCUT2D eigenvalue weighted by Gasteiger charge is 2.17. The van der Waals surface area contributed by atoms with Crippen LogP contribution in [0.1, 0.15) is 22.8 Å². The zero-order chi connectivity index (χ0) is 17.0. The van der Waals surface area contributed by atoms with Crippen molar-refractivity contribution in [2.24, 2.45) is 0 Å². The summed E-state index contributed by atoms with van der Waals surface area (Å²) in [7, 11) is -2.25. The molecule has 1 aromatic carbocycles. The zero-order valence-electron chi connectivity index (χ0n) is 13.3. The lowest BCUT2D eigenvalue weighted by atomic mass is 10.1. The van der Waals surface area contributed by atoms with E-state index in [9.17, 15) is 13.2 Å². The number of benzene rings is 1. The monoisotopic (exact) mass is 336 g/mol. The number of hydrogen-bond donors (Lipinski definition) is 2. The Balaban J connectivity index is 2.17. The van der Waals surface area contributed by atoms with E-state index in [-0.39, 0.29) is 16.8 Å². The fourth-order valence-electron chi connectivity index (χ4n) is 2.19. The van der Waals surface area contributed by atoms with E-state index in [1.165, 1.54) is 19.2 Å². The zero-order valence-corrected chi connectivity index (χ0v) is 14.1. The second-order valence-electron chi connectivity index (χ2n) is 5.32. The predicted octanol–water partition coefficient (Wildman–Crippen LogP) is 0.918. The molecule has 0 bridgehead atoms. The molecule has 0 fully saturated rings. The van der Waals surface area contributed by atoms with Gasteiger partial charge >= 0.3 is 0 Å². The Hall–Kier alpha value is -2.19. The molecular formula is C15H20N4O3S. The first-order valence-electron chi connectivity index (χ1n) is 7.14. The first-order valence-corrected chi connectivity index (χ1v) is 8.62. The number of nitrogens with one attached hydrogen (secondary N) is 2. The summed E-state index contributed by atoms with van der Waals surface area (Å²) in [6.07, 6.45) is 5.16. The molecule has 124 valence electrons. The fraction of sp³-hybridized carbons (Fsp3) is 0.333. The molecule has 1 atom stereocenters. The molecule has 2 N–H and O–H groups in total. The third-order valence-corrected chi connectivity index (χ3v) is 4.87. The minimum Gasteiger partial charge on any atom is -0.348 e. The molecule has 0 saturated heterocycles. The van der Waals surface area contributed by atoms with Gasteiger partial charge in [0.05, 0.1) is 11.2 Å². The number of aryl methyl sites for hydroxylation is 1. The number of amides is 1. The van der Waals surface area contributed by atoms with Crippen LogP contribution in [0.3, 0.4) is 0 Å². The van der Waals surface area contributed by atoms with Gasteiger partial charge in [0, 0.05) is 30.5 Å². The molecule has 23 heavy (non-hydrogen) atoms. The van der Waals surface area contributed by atoms with Crippen molar-refractivity contribution in [2.75, 3.05) is 7.05 Å². The molecule has 2 aromatic rings. The van der Waals surface area contributed by atoms with E-state index in [2.05, 4.69) is 15.0 Å². The van der Waals surface area contributed by atoms with Crippen LogP contribution in [-0.2, 0) is 16.6 Å². The van der Waals surface area contributed by atoms with Gasteiger partial charge in [-0.1, -0.05) is 6.07 Å². The lowest BCUT2D eigenvalue weighted by Gasteiger charge is -2.16. The fourth-order valence-corrected chi connectivity index (χ4v) is 2.94. The Kier molecular flexibility index (Phi) is 5.17. The summed E-state index contributed by atoms with van der Waals surface area (Å²) in [5.74, 6) is -0.303. The number of hydrogen-bond acceptors (Lipinski definition) is 4.